The van der Waals surface area contributed by atoms with Crippen molar-refractivity contribution in [3.8, 4) is 5.69 Å². The topological polar surface area (TPSA) is 72.7 Å². The van der Waals surface area contributed by atoms with Gasteiger partial charge in [-0.3, -0.25) is 4.79 Å². The first-order chi connectivity index (χ1) is 15.5. The molecular formula is C25H23N3O3S. The molecule has 1 aromatic heterocycles. The molecule has 1 amide bonds. The van der Waals surface area contributed by atoms with E-state index in [9.17, 15) is 9.59 Å². The van der Waals surface area contributed by atoms with Crippen LogP contribution in [0.3, 0.4) is 0 Å². The van der Waals surface area contributed by atoms with E-state index in [-0.39, 0.29) is 11.9 Å². The minimum Gasteiger partial charge on any atom is -0.462 e. The Kier molecular flexibility index (Phi) is 6.28. The van der Waals surface area contributed by atoms with Gasteiger partial charge in [0.1, 0.15) is 0 Å². The molecule has 0 saturated carbocycles. The third-order valence-corrected chi connectivity index (χ3v) is 5.94. The van der Waals surface area contributed by atoms with Crippen molar-refractivity contribution in [2.45, 2.75) is 20.8 Å². The highest BCUT2D eigenvalue weighted by Crippen LogP contribution is 2.30. The molecule has 2 heterocycles. The van der Waals surface area contributed by atoms with E-state index >= 15 is 0 Å². The van der Waals surface area contributed by atoms with E-state index in [1.165, 1.54) is 11.8 Å². The van der Waals surface area contributed by atoms with Crippen LogP contribution in [0.5, 0.6) is 0 Å². The molecule has 32 heavy (non-hydrogen) atoms. The largest absolute Gasteiger partial charge is 0.462 e. The second-order valence-electron chi connectivity index (χ2n) is 7.25. The number of esters is 1. The van der Waals surface area contributed by atoms with E-state index in [1.807, 2.05) is 68.5 Å². The summed E-state index contributed by atoms with van der Waals surface area (Å²) in [6.45, 7) is 6.15. The number of para-hydroxylation sites is 1. The lowest BCUT2D eigenvalue weighted by Gasteiger charge is -2.10. The zero-order valence-corrected chi connectivity index (χ0v) is 18.9. The summed E-state index contributed by atoms with van der Waals surface area (Å²) in [5, 5.41) is 3.39. The lowest BCUT2D eigenvalue weighted by molar-refractivity contribution is -0.115. The number of hydrogen-bond donors (Lipinski definition) is 1. The average molecular weight is 446 g/mol. The first kappa shape index (κ1) is 21.6. The summed E-state index contributed by atoms with van der Waals surface area (Å²) >= 11 is 1.33. The Labute approximate surface area is 191 Å². The molecule has 1 fully saturated rings. The number of carbonyl (C=O) groups excluding carboxylic acids is 2. The van der Waals surface area contributed by atoms with Crippen molar-refractivity contribution in [1.82, 2.24) is 9.88 Å². The molecule has 4 rings (SSSR count). The average Bonchev–Trinajstić information content (AvgIpc) is 3.27. The van der Waals surface area contributed by atoms with Crippen LogP contribution in [0.4, 0.5) is 5.69 Å². The van der Waals surface area contributed by atoms with Crippen LogP contribution in [-0.2, 0) is 9.53 Å². The lowest BCUT2D eigenvalue weighted by atomic mass is 10.2. The van der Waals surface area contributed by atoms with Crippen LogP contribution in [0.15, 0.2) is 70.6 Å². The number of carbonyl (C=O) groups is 2. The maximum atomic E-state index is 12.5. The van der Waals surface area contributed by atoms with E-state index < -0.39 is 0 Å². The van der Waals surface area contributed by atoms with Crippen LogP contribution >= 0.6 is 11.8 Å². The maximum Gasteiger partial charge on any atom is 0.338 e. The number of nitrogens with one attached hydrogen (secondary N) is 1. The maximum absolute atomic E-state index is 12.5. The molecule has 1 saturated heterocycles. The molecule has 0 atom stereocenters. The number of aromatic nitrogens is 1. The molecule has 0 bridgehead atoms. The molecular weight excluding hydrogens is 422 g/mol. The van der Waals surface area contributed by atoms with E-state index in [0.29, 0.717) is 22.2 Å². The highest BCUT2D eigenvalue weighted by molar-refractivity contribution is 8.18. The smallest absolute Gasteiger partial charge is 0.338 e. The van der Waals surface area contributed by atoms with Crippen molar-refractivity contribution in [1.29, 1.82) is 0 Å². The Hall–Kier alpha value is -3.58. The number of benzene rings is 2. The fraction of sp³-hybridized carbons (Fsp3) is 0.160. The summed E-state index contributed by atoms with van der Waals surface area (Å²) in [4.78, 5) is 29.5. The van der Waals surface area contributed by atoms with Crippen LogP contribution in [0.2, 0.25) is 0 Å². The highest BCUT2D eigenvalue weighted by Gasteiger charge is 2.24. The van der Waals surface area contributed by atoms with Crippen molar-refractivity contribution in [3.63, 3.8) is 0 Å². The van der Waals surface area contributed by atoms with Crippen LogP contribution < -0.4 is 5.32 Å². The number of amides is 1. The summed E-state index contributed by atoms with van der Waals surface area (Å²) in [6.07, 6.45) is 1.89. The predicted octanol–water partition coefficient (Wildman–Crippen LogP) is 5.16. The van der Waals surface area contributed by atoms with E-state index in [4.69, 9.17) is 4.74 Å². The Bertz CT molecular complexity index is 1230. The fourth-order valence-corrected chi connectivity index (χ4v) is 4.37. The summed E-state index contributed by atoms with van der Waals surface area (Å²) < 4.78 is 7.15. The van der Waals surface area contributed by atoms with Gasteiger partial charge in [0.15, 0.2) is 5.17 Å². The minimum absolute atomic E-state index is 0.159. The van der Waals surface area contributed by atoms with Crippen molar-refractivity contribution in [2.75, 3.05) is 6.61 Å². The molecule has 0 radical (unpaired) electrons. The molecule has 6 nitrogen and oxygen atoms in total. The van der Waals surface area contributed by atoms with Crippen LogP contribution in [-0.4, -0.2) is 28.2 Å². The van der Waals surface area contributed by atoms with Gasteiger partial charge in [0.05, 0.1) is 22.8 Å². The molecule has 7 heteroatoms. The van der Waals surface area contributed by atoms with E-state index in [1.54, 1.807) is 19.1 Å². The summed E-state index contributed by atoms with van der Waals surface area (Å²) in [6, 6.07) is 18.9. The molecule has 1 N–H and O–H groups in total. The number of rotatable bonds is 5. The molecule has 0 spiro atoms. The number of amidine groups is 1. The van der Waals surface area contributed by atoms with Gasteiger partial charge in [-0.15, -0.1) is 0 Å². The van der Waals surface area contributed by atoms with Gasteiger partial charge in [-0.1, -0.05) is 18.2 Å². The number of aryl methyl sites for hydroxylation is 1. The second kappa shape index (κ2) is 9.28. The number of ether oxygens (including phenoxy) is 1. The van der Waals surface area contributed by atoms with Gasteiger partial charge in [0, 0.05) is 17.1 Å². The monoisotopic (exact) mass is 445 g/mol. The summed E-state index contributed by atoms with van der Waals surface area (Å²) in [7, 11) is 0. The van der Waals surface area contributed by atoms with Gasteiger partial charge >= 0.3 is 5.97 Å². The molecule has 2 aromatic carbocycles. The van der Waals surface area contributed by atoms with Gasteiger partial charge in [0.2, 0.25) is 0 Å². The Morgan fingerprint density at radius 2 is 1.84 bits per heavy atom. The molecule has 1 aliphatic heterocycles. The van der Waals surface area contributed by atoms with Gasteiger partial charge in [-0.25, -0.2) is 9.79 Å². The fourth-order valence-electron chi connectivity index (χ4n) is 3.53. The molecule has 0 aliphatic carbocycles. The first-order valence-corrected chi connectivity index (χ1v) is 11.1. The normalized spacial score (nSPS) is 15.9. The molecule has 0 unspecified atom stereocenters. The minimum atomic E-state index is -0.331. The summed E-state index contributed by atoms with van der Waals surface area (Å²) in [5.74, 6) is -0.490. The Morgan fingerprint density at radius 1 is 1.12 bits per heavy atom. The third kappa shape index (κ3) is 4.53. The van der Waals surface area contributed by atoms with Crippen molar-refractivity contribution in [3.05, 3.63) is 88.1 Å². The standard InChI is InChI=1S/C25H23N3O3S/c1-4-31-24(30)18-10-12-21(13-11-18)28-16(2)14-19(17(28)3)15-22-23(29)27-25(32-22)26-20-8-6-5-7-9-20/h5-15H,4H2,1-3H3,(H,26,27,29)/b22-15-. The number of thioether (sulfide) groups is 1. The third-order valence-electron chi connectivity index (χ3n) is 5.03. The Balaban J connectivity index is 1.59. The Morgan fingerprint density at radius 3 is 2.53 bits per heavy atom. The SMILES string of the molecule is CCOC(=O)c1ccc(-n2c(C)cc(/C=C3\SC(=Nc4ccccc4)NC3=O)c2C)cc1. The quantitative estimate of drug-likeness (QED) is 0.435. The number of nitrogens with zero attached hydrogens (tertiary/aromatic N) is 2. The number of hydrogen-bond acceptors (Lipinski definition) is 5. The van der Waals surface area contributed by atoms with Crippen LogP contribution in [0.25, 0.3) is 11.8 Å². The van der Waals surface area contributed by atoms with E-state index in [2.05, 4.69) is 14.9 Å². The van der Waals surface area contributed by atoms with Gasteiger partial charge < -0.3 is 14.6 Å². The first-order valence-electron chi connectivity index (χ1n) is 10.3. The predicted molar refractivity (Wildman–Crippen MR) is 128 cm³/mol. The highest BCUT2D eigenvalue weighted by atomic mass is 32.2. The van der Waals surface area contributed by atoms with Gasteiger partial charge in [0.25, 0.3) is 5.91 Å². The molecule has 162 valence electrons. The second-order valence-corrected chi connectivity index (χ2v) is 8.28. The van der Waals surface area contributed by atoms with Crippen molar-refractivity contribution >= 4 is 40.6 Å². The van der Waals surface area contributed by atoms with E-state index in [0.717, 1.165) is 28.3 Å². The van der Waals surface area contributed by atoms with Gasteiger partial charge in [-0.05, 0) is 86.6 Å². The zero-order chi connectivity index (χ0) is 22.7. The lowest BCUT2D eigenvalue weighted by Crippen LogP contribution is -2.19. The molecule has 1 aliphatic rings. The molecule has 3 aromatic rings. The van der Waals surface area contributed by atoms with Crippen LogP contribution in [0, 0.1) is 13.8 Å². The van der Waals surface area contributed by atoms with Crippen LogP contribution in [0.1, 0.15) is 34.2 Å². The summed E-state index contributed by atoms with van der Waals surface area (Å²) in [5.41, 5.74) is 5.23. The number of aliphatic imine (C=N–C) groups is 1. The van der Waals surface area contributed by atoms with Crippen molar-refractivity contribution in [2.24, 2.45) is 4.99 Å². The van der Waals surface area contributed by atoms with Crippen molar-refractivity contribution < 1.29 is 14.3 Å². The van der Waals surface area contributed by atoms with Gasteiger partial charge in [-0.2, -0.15) is 0 Å². The zero-order valence-electron chi connectivity index (χ0n) is 18.1.